The molecule has 2 heterocycles. The minimum Gasteiger partial charge on any atom is -0.306 e. The fourth-order valence-corrected chi connectivity index (χ4v) is 3.32. The van der Waals surface area contributed by atoms with E-state index in [-0.39, 0.29) is 22.7 Å². The molecule has 0 aliphatic carbocycles. The predicted octanol–water partition coefficient (Wildman–Crippen LogP) is 5.24. The maximum Gasteiger partial charge on any atom is 0.249 e. The summed E-state index contributed by atoms with van der Waals surface area (Å²) in [7, 11) is 0. The lowest BCUT2D eigenvalue weighted by molar-refractivity contribution is -0.111. The van der Waals surface area contributed by atoms with Crippen molar-refractivity contribution in [3.8, 4) is 11.9 Å². The summed E-state index contributed by atoms with van der Waals surface area (Å²) < 4.78 is 1.47. The van der Waals surface area contributed by atoms with Crippen LogP contribution in [0.15, 0.2) is 72.9 Å². The lowest BCUT2D eigenvalue weighted by Gasteiger charge is -2.18. The first-order chi connectivity index (χ1) is 15.3. The Morgan fingerprint density at radius 1 is 1.06 bits per heavy atom. The average molecular weight is 422 g/mol. The number of carbonyl (C=O) groups excluding carboxylic acids is 1. The summed E-state index contributed by atoms with van der Waals surface area (Å²) in [6.45, 7) is 6.48. The van der Waals surface area contributed by atoms with Crippen LogP contribution >= 0.6 is 0 Å². The Morgan fingerprint density at radius 3 is 2.53 bits per heavy atom. The van der Waals surface area contributed by atoms with Crippen LogP contribution in [0.1, 0.15) is 37.5 Å². The van der Waals surface area contributed by atoms with Crippen molar-refractivity contribution < 1.29 is 4.79 Å². The highest BCUT2D eigenvalue weighted by molar-refractivity contribution is 6.02. The molecule has 0 aliphatic heterocycles. The van der Waals surface area contributed by atoms with Gasteiger partial charge in [0, 0.05) is 11.5 Å². The molecule has 158 valence electrons. The summed E-state index contributed by atoms with van der Waals surface area (Å²) in [5, 5.41) is 17.5. The zero-order chi connectivity index (χ0) is 22.7. The quantitative estimate of drug-likeness (QED) is 0.457. The number of anilines is 1. The van der Waals surface area contributed by atoms with E-state index in [4.69, 9.17) is 0 Å². The van der Waals surface area contributed by atoms with Gasteiger partial charge in [0.25, 0.3) is 0 Å². The second-order valence-corrected chi connectivity index (χ2v) is 8.49. The standard InChI is InChI=1S/C26H23N5O/c1-26(2,3)21-12-8-18(9-13-21)10-15-24(32)30-25-20(16-27)17-28-31(25)23-14-11-19-6-4-5-7-22(19)29-23/h4-15,17H,1-3H3,(H,30,32)/b15-10+. The smallest absolute Gasteiger partial charge is 0.249 e. The van der Waals surface area contributed by atoms with Gasteiger partial charge >= 0.3 is 0 Å². The molecular weight excluding hydrogens is 398 g/mol. The van der Waals surface area contributed by atoms with Gasteiger partial charge in [0.05, 0.1) is 11.7 Å². The summed E-state index contributed by atoms with van der Waals surface area (Å²) in [5.41, 5.74) is 3.27. The van der Waals surface area contributed by atoms with Crippen LogP contribution in [0.3, 0.4) is 0 Å². The molecule has 0 atom stereocenters. The first-order valence-electron chi connectivity index (χ1n) is 10.3. The maximum absolute atomic E-state index is 12.6. The molecule has 0 spiro atoms. The molecule has 1 amide bonds. The average Bonchev–Trinajstić information content (AvgIpc) is 3.19. The lowest BCUT2D eigenvalue weighted by atomic mass is 9.87. The first kappa shape index (κ1) is 21.0. The number of aromatic nitrogens is 3. The first-order valence-corrected chi connectivity index (χ1v) is 10.3. The molecule has 0 saturated heterocycles. The van der Waals surface area contributed by atoms with Crippen LogP contribution in [-0.2, 0) is 10.2 Å². The summed E-state index contributed by atoms with van der Waals surface area (Å²) in [5.74, 6) is 0.444. The number of carbonyl (C=O) groups is 1. The van der Waals surface area contributed by atoms with E-state index in [9.17, 15) is 10.1 Å². The molecule has 0 fully saturated rings. The molecule has 2 aromatic heterocycles. The zero-order valence-corrected chi connectivity index (χ0v) is 18.2. The van der Waals surface area contributed by atoms with Crippen molar-refractivity contribution in [1.82, 2.24) is 14.8 Å². The van der Waals surface area contributed by atoms with Crippen LogP contribution in [0.2, 0.25) is 0 Å². The fraction of sp³-hybridized carbons (Fsp3) is 0.154. The van der Waals surface area contributed by atoms with Crippen LogP contribution in [0.4, 0.5) is 5.82 Å². The van der Waals surface area contributed by atoms with Crippen molar-refractivity contribution in [1.29, 1.82) is 5.26 Å². The van der Waals surface area contributed by atoms with E-state index in [2.05, 4.69) is 54.4 Å². The summed E-state index contributed by atoms with van der Waals surface area (Å²) in [6.07, 6.45) is 4.60. The van der Waals surface area contributed by atoms with Crippen molar-refractivity contribution in [2.75, 3.05) is 5.32 Å². The third kappa shape index (κ3) is 4.42. The maximum atomic E-state index is 12.6. The van der Waals surface area contributed by atoms with Crippen LogP contribution in [0, 0.1) is 11.3 Å². The number of amides is 1. The Morgan fingerprint density at radius 2 is 1.81 bits per heavy atom. The molecule has 4 aromatic rings. The van der Waals surface area contributed by atoms with Crippen molar-refractivity contribution in [3.05, 3.63) is 89.6 Å². The van der Waals surface area contributed by atoms with Gasteiger partial charge in [-0.15, -0.1) is 0 Å². The highest BCUT2D eigenvalue weighted by Gasteiger charge is 2.16. The Bertz CT molecular complexity index is 1350. The lowest BCUT2D eigenvalue weighted by Crippen LogP contribution is -2.14. The van der Waals surface area contributed by atoms with E-state index in [1.54, 1.807) is 12.1 Å². The molecule has 0 radical (unpaired) electrons. The van der Waals surface area contributed by atoms with Crippen molar-refractivity contribution in [3.63, 3.8) is 0 Å². The van der Waals surface area contributed by atoms with Gasteiger partial charge in [-0.25, -0.2) is 4.98 Å². The van der Waals surface area contributed by atoms with E-state index < -0.39 is 0 Å². The largest absolute Gasteiger partial charge is 0.306 e. The SMILES string of the molecule is CC(C)(C)c1ccc(/C=C/C(=O)Nc2c(C#N)cnn2-c2ccc3ccccc3n2)cc1. The van der Waals surface area contributed by atoms with Crippen LogP contribution in [-0.4, -0.2) is 20.7 Å². The number of nitriles is 1. The molecule has 2 aromatic carbocycles. The Labute approximate surface area is 186 Å². The van der Waals surface area contributed by atoms with Crippen molar-refractivity contribution >= 4 is 28.7 Å². The van der Waals surface area contributed by atoms with Crippen molar-refractivity contribution in [2.24, 2.45) is 0 Å². The van der Waals surface area contributed by atoms with Gasteiger partial charge in [0.15, 0.2) is 11.6 Å². The molecule has 0 unspecified atom stereocenters. The van der Waals surface area contributed by atoms with Gasteiger partial charge in [-0.2, -0.15) is 15.0 Å². The van der Waals surface area contributed by atoms with Crippen LogP contribution < -0.4 is 5.32 Å². The van der Waals surface area contributed by atoms with Gasteiger partial charge in [-0.1, -0.05) is 63.2 Å². The number of nitrogens with one attached hydrogen (secondary N) is 1. The third-order valence-corrected chi connectivity index (χ3v) is 5.14. The van der Waals surface area contributed by atoms with Gasteiger partial charge in [0.2, 0.25) is 5.91 Å². The van der Waals surface area contributed by atoms with Gasteiger partial charge in [-0.05, 0) is 40.8 Å². The number of rotatable bonds is 4. The summed E-state index contributed by atoms with van der Waals surface area (Å²) >= 11 is 0. The molecule has 4 rings (SSSR count). The van der Waals surface area contributed by atoms with E-state index in [1.165, 1.54) is 22.5 Å². The Hall–Kier alpha value is -4.24. The third-order valence-electron chi connectivity index (χ3n) is 5.14. The summed E-state index contributed by atoms with van der Waals surface area (Å²) in [4.78, 5) is 17.2. The molecule has 0 aliphatic rings. The molecule has 32 heavy (non-hydrogen) atoms. The summed E-state index contributed by atoms with van der Waals surface area (Å²) in [6, 6.07) is 21.6. The minimum atomic E-state index is -0.357. The normalized spacial score (nSPS) is 11.6. The van der Waals surface area contributed by atoms with Crippen LogP contribution in [0.25, 0.3) is 22.8 Å². The number of para-hydroxylation sites is 1. The minimum absolute atomic E-state index is 0.0719. The highest BCUT2D eigenvalue weighted by atomic mass is 16.1. The molecule has 6 nitrogen and oxygen atoms in total. The molecule has 6 heteroatoms. The second kappa shape index (κ2) is 8.48. The van der Waals surface area contributed by atoms with Crippen molar-refractivity contribution in [2.45, 2.75) is 26.2 Å². The van der Waals surface area contributed by atoms with Gasteiger partial charge in [-0.3, -0.25) is 4.79 Å². The number of fused-ring (bicyclic) bond motifs is 1. The number of benzene rings is 2. The van der Waals surface area contributed by atoms with Gasteiger partial charge < -0.3 is 5.32 Å². The Balaban J connectivity index is 1.57. The number of hydrogen-bond acceptors (Lipinski definition) is 4. The molecule has 0 bridgehead atoms. The molecule has 0 saturated carbocycles. The van der Waals surface area contributed by atoms with E-state index in [0.29, 0.717) is 5.82 Å². The second-order valence-electron chi connectivity index (χ2n) is 8.49. The zero-order valence-electron chi connectivity index (χ0n) is 18.2. The topological polar surface area (TPSA) is 83.6 Å². The van der Waals surface area contributed by atoms with E-state index >= 15 is 0 Å². The fourth-order valence-electron chi connectivity index (χ4n) is 3.32. The monoisotopic (exact) mass is 421 g/mol. The Kier molecular flexibility index (Phi) is 5.57. The number of nitrogens with zero attached hydrogens (tertiary/aromatic N) is 4. The number of hydrogen-bond donors (Lipinski definition) is 1. The van der Waals surface area contributed by atoms with Gasteiger partial charge in [0.1, 0.15) is 11.6 Å². The predicted molar refractivity (Wildman–Crippen MR) is 126 cm³/mol. The van der Waals surface area contributed by atoms with E-state index in [1.807, 2.05) is 42.5 Å². The highest BCUT2D eigenvalue weighted by Crippen LogP contribution is 2.23. The number of pyridine rings is 1. The molecular formula is C26H23N5O. The molecule has 1 N–H and O–H groups in total. The van der Waals surface area contributed by atoms with Crippen LogP contribution in [0.5, 0.6) is 0 Å². The van der Waals surface area contributed by atoms with E-state index in [0.717, 1.165) is 16.5 Å².